The highest BCUT2D eigenvalue weighted by atomic mass is 127. The fraction of sp³-hybridized carbons (Fsp3) is 0. The van der Waals surface area contributed by atoms with Crippen molar-refractivity contribution in [1.29, 1.82) is 0 Å². The number of benzene rings is 11. The Morgan fingerprint density at radius 1 is 0.406 bits per heavy atom. The highest BCUT2D eigenvalue weighted by Gasteiger charge is 2.28. The molecule has 6 heteroatoms. The van der Waals surface area contributed by atoms with Crippen molar-refractivity contribution >= 4 is 141 Å². The maximum Gasteiger partial charge on any atom is 0.161 e. The summed E-state index contributed by atoms with van der Waals surface area (Å²) in [7, 11) is 0. The van der Waals surface area contributed by atoms with E-state index in [0.717, 1.165) is 51.5 Å². The minimum Gasteiger partial charge on any atom is -0.456 e. The number of aromatic nitrogens is 1. The molecule has 4 nitrogen and oxygen atoms in total. The van der Waals surface area contributed by atoms with Crippen molar-refractivity contribution in [3.63, 3.8) is 0 Å². The molecule has 4 heterocycles. The smallest absolute Gasteiger partial charge is 0.161 e. The summed E-state index contributed by atoms with van der Waals surface area (Å²) in [6.07, 6.45) is 0. The van der Waals surface area contributed by atoms with Gasteiger partial charge in [0.2, 0.25) is 0 Å². The van der Waals surface area contributed by atoms with E-state index in [1.54, 1.807) is 0 Å². The van der Waals surface area contributed by atoms with E-state index in [1.807, 2.05) is 23.5 Å². The van der Waals surface area contributed by atoms with Crippen LogP contribution in [-0.2, 0) is 0 Å². The maximum absolute atomic E-state index is 6.36. The first-order valence-electron chi connectivity index (χ1n) is 23.2. The van der Waals surface area contributed by atoms with E-state index in [0.29, 0.717) is 5.84 Å². The van der Waals surface area contributed by atoms with Crippen LogP contribution < -0.4 is 0 Å². The topological polar surface area (TPSA) is 42.8 Å². The number of hydrogen-bond donors (Lipinski definition) is 0. The highest BCUT2D eigenvalue weighted by molar-refractivity contribution is 14.2. The van der Waals surface area contributed by atoms with E-state index in [9.17, 15) is 0 Å². The molecule has 0 unspecified atom stereocenters. The number of hydrogen-bond acceptors (Lipinski definition) is 4. The third kappa shape index (κ3) is 6.02. The lowest BCUT2D eigenvalue weighted by Gasteiger charge is -2.21. The summed E-state index contributed by atoms with van der Waals surface area (Å²) in [6, 6.07) is 79.4. The SMILES string of the molecule is c1ccc(-c2ccc(C3=NC(c4c(-n5c6cc7ccccc7cc6c6c7ccccc7ccc65)c5c6ccccc6sc5c5ccccc45)=IC(c4ccc5oc6ccccc6c5c4)=N3)cc2)cc1. The molecule has 0 spiro atoms. The number of nitrogens with zero attached hydrogens (tertiary/aromatic N) is 3. The van der Waals surface area contributed by atoms with Crippen LogP contribution in [0.5, 0.6) is 0 Å². The third-order valence-electron chi connectivity index (χ3n) is 13.9. The Labute approximate surface area is 409 Å². The molecule has 15 rings (SSSR count). The Kier molecular flexibility index (Phi) is 8.61. The van der Waals surface area contributed by atoms with Gasteiger partial charge in [-0.1, -0.05) is 170 Å². The number of amidine groups is 1. The zero-order valence-corrected chi connectivity index (χ0v) is 39.8. The predicted molar refractivity (Wildman–Crippen MR) is 303 cm³/mol. The standard InChI is InChI=1S/C63H36IN3OS/c1-2-14-37(15-3-1)38-26-28-40(29-27-38)63-65-61(43-31-33-54-49(35-43)45-20-10-12-24-53(45)68-54)64-62(66-63)58-46-21-8-9-22-47(46)60-57(48-23-11-13-25-55(48)69-60)59(58)67-51-32-30-39-16-6-7-19-44(39)56(51)50-34-41-17-4-5-18-42(41)36-52(50)67/h1-36H. The molecule has 14 aromatic rings. The van der Waals surface area contributed by atoms with Gasteiger partial charge < -0.3 is 8.98 Å². The molecule has 0 saturated carbocycles. The first-order chi connectivity index (χ1) is 34.2. The van der Waals surface area contributed by atoms with Crippen LogP contribution in [0.15, 0.2) is 233 Å². The molecule has 0 saturated heterocycles. The van der Waals surface area contributed by atoms with Gasteiger partial charge in [0.1, 0.15) is 18.5 Å². The molecule has 0 atom stereocenters. The Morgan fingerprint density at radius 3 is 1.88 bits per heavy atom. The fourth-order valence-corrected chi connectivity index (χ4v) is 14.6. The molecule has 322 valence electrons. The minimum atomic E-state index is -0.985. The van der Waals surface area contributed by atoms with Crippen molar-refractivity contribution in [3.8, 4) is 16.8 Å². The average molecular weight is 1010 g/mol. The molecule has 1 aliphatic rings. The maximum atomic E-state index is 6.36. The Bertz CT molecular complexity index is 4590. The number of halogens is 1. The molecule has 0 fully saturated rings. The van der Waals surface area contributed by atoms with Crippen LogP contribution in [0.4, 0.5) is 0 Å². The second-order valence-corrected chi connectivity index (χ2v) is 21.4. The quantitative estimate of drug-likeness (QED) is 0.158. The summed E-state index contributed by atoms with van der Waals surface area (Å²) < 4.78 is 13.7. The molecule has 0 radical (unpaired) electrons. The summed E-state index contributed by atoms with van der Waals surface area (Å²) >= 11 is 0.904. The number of fused-ring (bicyclic) bond motifs is 14. The molecule has 3 aromatic heterocycles. The van der Waals surface area contributed by atoms with Gasteiger partial charge in [-0.05, 0) is 107 Å². The van der Waals surface area contributed by atoms with Crippen molar-refractivity contribution in [1.82, 2.24) is 4.57 Å². The van der Waals surface area contributed by atoms with Gasteiger partial charge in [-0.3, -0.25) is 0 Å². The zero-order valence-electron chi connectivity index (χ0n) is 36.8. The lowest BCUT2D eigenvalue weighted by molar-refractivity contribution is 0.669. The van der Waals surface area contributed by atoms with Gasteiger partial charge in [0, 0.05) is 63.8 Å². The van der Waals surface area contributed by atoms with E-state index < -0.39 is 20.7 Å². The van der Waals surface area contributed by atoms with Gasteiger partial charge in [-0.25, -0.2) is 9.98 Å². The highest BCUT2D eigenvalue weighted by Crippen LogP contribution is 2.49. The van der Waals surface area contributed by atoms with E-state index >= 15 is 0 Å². The molecular weight excluding hydrogens is 974 g/mol. The van der Waals surface area contributed by atoms with E-state index in [2.05, 4.69) is 211 Å². The predicted octanol–water partition coefficient (Wildman–Crippen LogP) is 17.5. The molecule has 0 aliphatic carbocycles. The van der Waals surface area contributed by atoms with Gasteiger partial charge >= 0.3 is 0 Å². The normalized spacial score (nSPS) is 13.3. The lowest BCUT2D eigenvalue weighted by Crippen LogP contribution is -2.14. The molecule has 0 N–H and O–H groups in total. The van der Waals surface area contributed by atoms with Crippen LogP contribution in [0.25, 0.3) is 113 Å². The first kappa shape index (κ1) is 39.0. The molecule has 69 heavy (non-hydrogen) atoms. The number of furan rings is 1. The third-order valence-corrected chi connectivity index (χ3v) is 17.8. The second-order valence-electron chi connectivity index (χ2n) is 17.8. The van der Waals surface area contributed by atoms with Gasteiger partial charge in [0.25, 0.3) is 0 Å². The summed E-state index contributed by atoms with van der Waals surface area (Å²) in [5.74, 6) is 0.715. The van der Waals surface area contributed by atoms with Crippen LogP contribution in [0, 0.1) is 0 Å². The van der Waals surface area contributed by atoms with Crippen LogP contribution in [-0.4, -0.2) is 17.8 Å². The number of thiophene rings is 1. The van der Waals surface area contributed by atoms with Crippen LogP contribution in [0.3, 0.4) is 0 Å². The summed E-state index contributed by atoms with van der Waals surface area (Å²) in [5.41, 5.74) is 10.8. The van der Waals surface area contributed by atoms with Gasteiger partial charge in [0.05, 0.1) is 16.7 Å². The van der Waals surface area contributed by atoms with Crippen molar-refractivity contribution < 1.29 is 4.42 Å². The van der Waals surface area contributed by atoms with Crippen molar-refractivity contribution in [2.45, 2.75) is 0 Å². The molecule has 1 aliphatic heterocycles. The molecule has 0 bridgehead atoms. The average Bonchev–Trinajstić information content (AvgIpc) is 4.10. The second kappa shape index (κ2) is 15.2. The number of aliphatic imine (C=N–C) groups is 2. The summed E-state index contributed by atoms with van der Waals surface area (Å²) in [4.78, 5) is 11.4. The summed E-state index contributed by atoms with van der Waals surface area (Å²) in [5, 5.41) is 14.5. The molecular formula is C63H36IN3OS. The van der Waals surface area contributed by atoms with Gasteiger partial charge in [-0.2, -0.15) is 0 Å². The molecule has 11 aromatic carbocycles. The lowest BCUT2D eigenvalue weighted by atomic mass is 9.97. The van der Waals surface area contributed by atoms with Crippen LogP contribution in [0.2, 0.25) is 0 Å². The Balaban J connectivity index is 1.09. The Hall–Kier alpha value is -8.04. The van der Waals surface area contributed by atoms with Crippen molar-refractivity contribution in [2.75, 3.05) is 0 Å². The fourth-order valence-electron chi connectivity index (χ4n) is 10.8. The van der Waals surface area contributed by atoms with Crippen LogP contribution in [0.1, 0.15) is 16.7 Å². The number of para-hydroxylation sites is 1. The van der Waals surface area contributed by atoms with Gasteiger partial charge in [0.15, 0.2) is 5.84 Å². The minimum absolute atomic E-state index is 0.715. The van der Waals surface area contributed by atoms with E-state index in [1.165, 1.54) is 85.5 Å². The first-order valence-corrected chi connectivity index (χ1v) is 26.2. The summed E-state index contributed by atoms with van der Waals surface area (Å²) in [6.45, 7) is 0. The zero-order chi connectivity index (χ0) is 45.2. The Morgan fingerprint density at radius 2 is 1.04 bits per heavy atom. The van der Waals surface area contributed by atoms with Crippen molar-refractivity contribution in [3.05, 3.63) is 235 Å². The van der Waals surface area contributed by atoms with Crippen molar-refractivity contribution in [2.24, 2.45) is 9.98 Å². The number of rotatable bonds is 5. The molecule has 0 amide bonds. The van der Waals surface area contributed by atoms with Crippen LogP contribution >= 0.6 is 32.1 Å². The van der Waals surface area contributed by atoms with E-state index in [-0.39, 0.29) is 0 Å². The monoisotopic (exact) mass is 1010 g/mol. The van der Waals surface area contributed by atoms with Gasteiger partial charge in [-0.15, -0.1) is 11.3 Å². The largest absolute Gasteiger partial charge is 0.456 e. The van der Waals surface area contributed by atoms with E-state index in [4.69, 9.17) is 14.4 Å².